The molecule has 9 heteroatoms. The lowest BCUT2D eigenvalue weighted by atomic mass is 10.2. The monoisotopic (exact) mass is 448 g/mol. The Kier molecular flexibility index (Phi) is 7.61. The van der Waals surface area contributed by atoms with Crippen molar-refractivity contribution in [3.8, 4) is 0 Å². The van der Waals surface area contributed by atoms with Gasteiger partial charge in [0.15, 0.2) is 0 Å². The van der Waals surface area contributed by atoms with Crippen molar-refractivity contribution in [1.82, 2.24) is 5.32 Å². The molecule has 1 heterocycles. The summed E-state index contributed by atoms with van der Waals surface area (Å²) in [4.78, 5) is 26.7. The Morgan fingerprint density at radius 3 is 2.41 bits per heavy atom. The predicted octanol–water partition coefficient (Wildman–Crippen LogP) is 4.25. The SMILES string of the molecule is CC(CC(=O)Nc1cccc(N2CCCC2)c1)NC(=O)CNc1cccc(C(F)(F)F)c1. The van der Waals surface area contributed by atoms with Gasteiger partial charge in [0.05, 0.1) is 12.1 Å². The summed E-state index contributed by atoms with van der Waals surface area (Å²) in [7, 11) is 0. The Morgan fingerprint density at radius 1 is 1.00 bits per heavy atom. The van der Waals surface area contributed by atoms with Gasteiger partial charge in [-0.3, -0.25) is 9.59 Å². The van der Waals surface area contributed by atoms with E-state index in [2.05, 4.69) is 20.9 Å². The molecule has 3 N–H and O–H groups in total. The molecule has 1 atom stereocenters. The lowest BCUT2D eigenvalue weighted by Gasteiger charge is -2.19. The van der Waals surface area contributed by atoms with Crippen molar-refractivity contribution in [2.75, 3.05) is 35.2 Å². The number of hydrogen-bond acceptors (Lipinski definition) is 4. The van der Waals surface area contributed by atoms with Gasteiger partial charge in [0, 0.05) is 42.6 Å². The van der Waals surface area contributed by atoms with E-state index in [1.54, 1.807) is 6.92 Å². The van der Waals surface area contributed by atoms with E-state index in [1.807, 2.05) is 24.3 Å². The molecule has 3 rings (SSSR count). The molecule has 172 valence electrons. The zero-order valence-corrected chi connectivity index (χ0v) is 17.8. The van der Waals surface area contributed by atoms with Crippen LogP contribution in [0.15, 0.2) is 48.5 Å². The van der Waals surface area contributed by atoms with Crippen molar-refractivity contribution in [2.24, 2.45) is 0 Å². The third-order valence-corrected chi connectivity index (χ3v) is 5.14. The van der Waals surface area contributed by atoms with Gasteiger partial charge in [-0.05, 0) is 56.2 Å². The Bertz CT molecular complexity index is 943. The van der Waals surface area contributed by atoms with E-state index in [0.717, 1.165) is 43.8 Å². The fraction of sp³-hybridized carbons (Fsp3) is 0.391. The van der Waals surface area contributed by atoms with Crippen LogP contribution in [0.3, 0.4) is 0 Å². The van der Waals surface area contributed by atoms with Crippen molar-refractivity contribution in [3.05, 3.63) is 54.1 Å². The highest BCUT2D eigenvalue weighted by molar-refractivity contribution is 5.92. The summed E-state index contributed by atoms with van der Waals surface area (Å²) in [5.74, 6) is -0.652. The van der Waals surface area contributed by atoms with Gasteiger partial charge in [-0.25, -0.2) is 0 Å². The second-order valence-electron chi connectivity index (χ2n) is 7.90. The van der Waals surface area contributed by atoms with E-state index in [4.69, 9.17) is 0 Å². The number of hydrogen-bond donors (Lipinski definition) is 3. The van der Waals surface area contributed by atoms with E-state index < -0.39 is 23.7 Å². The van der Waals surface area contributed by atoms with E-state index in [9.17, 15) is 22.8 Å². The van der Waals surface area contributed by atoms with Gasteiger partial charge in [0.1, 0.15) is 0 Å². The first kappa shape index (κ1) is 23.4. The number of nitrogens with one attached hydrogen (secondary N) is 3. The van der Waals surface area contributed by atoms with Crippen molar-refractivity contribution in [1.29, 1.82) is 0 Å². The minimum atomic E-state index is -4.45. The smallest absolute Gasteiger partial charge is 0.376 e. The number of benzene rings is 2. The average molecular weight is 448 g/mol. The Labute approximate surface area is 185 Å². The first-order chi connectivity index (χ1) is 15.2. The average Bonchev–Trinajstić information content (AvgIpc) is 3.27. The maximum atomic E-state index is 12.8. The maximum Gasteiger partial charge on any atom is 0.416 e. The molecule has 0 aromatic heterocycles. The number of alkyl halides is 3. The minimum Gasteiger partial charge on any atom is -0.376 e. The van der Waals surface area contributed by atoms with Crippen LogP contribution in [-0.4, -0.2) is 37.5 Å². The van der Waals surface area contributed by atoms with E-state index in [1.165, 1.54) is 12.1 Å². The van der Waals surface area contributed by atoms with Crippen LogP contribution in [0.2, 0.25) is 0 Å². The van der Waals surface area contributed by atoms with Gasteiger partial charge in [0.2, 0.25) is 11.8 Å². The molecular weight excluding hydrogens is 421 g/mol. The fourth-order valence-corrected chi connectivity index (χ4v) is 3.61. The van der Waals surface area contributed by atoms with E-state index in [0.29, 0.717) is 5.69 Å². The Balaban J connectivity index is 1.44. The molecule has 2 aromatic rings. The van der Waals surface area contributed by atoms with Gasteiger partial charge >= 0.3 is 6.18 Å². The van der Waals surface area contributed by atoms with Crippen LogP contribution >= 0.6 is 0 Å². The molecule has 1 aliphatic rings. The molecule has 0 saturated carbocycles. The molecule has 2 amide bonds. The standard InChI is InChI=1S/C23H27F3N4O2/c1-16(28-22(32)15-27-18-7-4-6-17(13-18)23(24,25)26)12-21(31)29-19-8-5-9-20(14-19)30-10-2-3-11-30/h4-9,13-14,16,27H,2-3,10-12,15H2,1H3,(H,28,32)(H,29,31). The Hall–Kier alpha value is -3.23. The zero-order valence-electron chi connectivity index (χ0n) is 17.8. The van der Waals surface area contributed by atoms with Crippen LogP contribution in [0.25, 0.3) is 0 Å². The summed E-state index contributed by atoms with van der Waals surface area (Å²) < 4.78 is 38.3. The third kappa shape index (κ3) is 6.90. The number of anilines is 3. The van der Waals surface area contributed by atoms with Gasteiger partial charge in [-0.2, -0.15) is 13.2 Å². The molecule has 0 radical (unpaired) electrons. The van der Waals surface area contributed by atoms with Crippen molar-refractivity contribution < 1.29 is 22.8 Å². The topological polar surface area (TPSA) is 73.5 Å². The van der Waals surface area contributed by atoms with Crippen LogP contribution < -0.4 is 20.9 Å². The predicted molar refractivity (Wildman–Crippen MR) is 119 cm³/mol. The number of amides is 2. The number of rotatable bonds is 8. The van der Waals surface area contributed by atoms with Crippen LogP contribution in [0, 0.1) is 0 Å². The second-order valence-corrected chi connectivity index (χ2v) is 7.90. The highest BCUT2D eigenvalue weighted by atomic mass is 19.4. The number of carbonyl (C=O) groups excluding carboxylic acids is 2. The van der Waals surface area contributed by atoms with E-state index >= 15 is 0 Å². The number of carbonyl (C=O) groups is 2. The normalized spacial score (nSPS) is 14.7. The summed E-state index contributed by atoms with van der Waals surface area (Å²) in [5.41, 5.74) is 1.17. The molecular formula is C23H27F3N4O2. The van der Waals surface area contributed by atoms with Crippen LogP contribution in [0.5, 0.6) is 0 Å². The van der Waals surface area contributed by atoms with Crippen LogP contribution in [0.1, 0.15) is 31.7 Å². The number of halogens is 3. The Morgan fingerprint density at radius 2 is 1.69 bits per heavy atom. The molecule has 1 unspecified atom stereocenters. The molecule has 2 aromatic carbocycles. The molecule has 1 aliphatic heterocycles. The quantitative estimate of drug-likeness (QED) is 0.565. The fourth-order valence-electron chi connectivity index (χ4n) is 3.61. The van der Waals surface area contributed by atoms with Gasteiger partial charge in [0.25, 0.3) is 0 Å². The largest absolute Gasteiger partial charge is 0.416 e. The number of nitrogens with zero attached hydrogens (tertiary/aromatic N) is 1. The summed E-state index contributed by atoms with van der Waals surface area (Å²) in [6, 6.07) is 11.9. The van der Waals surface area contributed by atoms with Crippen molar-refractivity contribution in [2.45, 2.75) is 38.4 Å². The van der Waals surface area contributed by atoms with Crippen molar-refractivity contribution in [3.63, 3.8) is 0 Å². The summed E-state index contributed by atoms with van der Waals surface area (Å²) >= 11 is 0. The summed E-state index contributed by atoms with van der Waals surface area (Å²) in [6.45, 7) is 3.51. The lowest BCUT2D eigenvalue weighted by Crippen LogP contribution is -2.38. The molecule has 0 aliphatic carbocycles. The highest BCUT2D eigenvalue weighted by Crippen LogP contribution is 2.30. The molecule has 32 heavy (non-hydrogen) atoms. The molecule has 1 fully saturated rings. The molecule has 0 bridgehead atoms. The minimum absolute atomic E-state index is 0.0727. The first-order valence-corrected chi connectivity index (χ1v) is 10.6. The first-order valence-electron chi connectivity index (χ1n) is 10.6. The summed E-state index contributed by atoms with van der Waals surface area (Å²) in [6.07, 6.45) is -2.05. The molecule has 6 nitrogen and oxygen atoms in total. The van der Waals surface area contributed by atoms with Crippen LogP contribution in [0.4, 0.5) is 30.2 Å². The van der Waals surface area contributed by atoms with Gasteiger partial charge < -0.3 is 20.9 Å². The lowest BCUT2D eigenvalue weighted by molar-refractivity contribution is -0.137. The highest BCUT2D eigenvalue weighted by Gasteiger charge is 2.30. The maximum absolute atomic E-state index is 12.8. The zero-order chi connectivity index (χ0) is 23.1. The molecule has 1 saturated heterocycles. The van der Waals surface area contributed by atoms with Crippen molar-refractivity contribution >= 4 is 28.9 Å². The second kappa shape index (κ2) is 10.4. The van der Waals surface area contributed by atoms with Crippen LogP contribution in [-0.2, 0) is 15.8 Å². The van der Waals surface area contributed by atoms with Gasteiger partial charge in [-0.1, -0.05) is 12.1 Å². The van der Waals surface area contributed by atoms with Gasteiger partial charge in [-0.15, -0.1) is 0 Å². The van der Waals surface area contributed by atoms with E-state index in [-0.39, 0.29) is 24.6 Å². The summed E-state index contributed by atoms with van der Waals surface area (Å²) in [5, 5.41) is 8.20. The third-order valence-electron chi connectivity index (χ3n) is 5.14. The molecule has 0 spiro atoms.